The van der Waals surface area contributed by atoms with Gasteiger partial charge >= 0.3 is 18.2 Å². The maximum absolute atomic E-state index is 12.5. The Morgan fingerprint density at radius 1 is 1.30 bits per heavy atom. The zero-order valence-corrected chi connectivity index (χ0v) is 11.3. The standard InChI is InChI=1S/C12H19F3N2O3/c1-2-16(8-5-10(18)19)11(20)17-6-3-9(4-7-17)12(13,14)15/h9H,2-8H2,1H3,(H,18,19). The van der Waals surface area contributed by atoms with Crippen LogP contribution in [0.1, 0.15) is 26.2 Å². The van der Waals surface area contributed by atoms with Gasteiger partial charge in [0.1, 0.15) is 0 Å². The lowest BCUT2D eigenvalue weighted by atomic mass is 9.96. The quantitative estimate of drug-likeness (QED) is 0.865. The first kappa shape index (κ1) is 16.6. The van der Waals surface area contributed by atoms with E-state index in [9.17, 15) is 22.8 Å². The minimum Gasteiger partial charge on any atom is -0.481 e. The van der Waals surface area contributed by atoms with Crippen LogP contribution in [0.4, 0.5) is 18.0 Å². The van der Waals surface area contributed by atoms with E-state index in [4.69, 9.17) is 5.11 Å². The number of aliphatic carboxylic acids is 1. The number of likely N-dealkylation sites (tertiary alicyclic amines) is 1. The zero-order valence-electron chi connectivity index (χ0n) is 11.3. The highest BCUT2D eigenvalue weighted by Crippen LogP contribution is 2.34. The molecule has 0 aromatic heterocycles. The number of nitrogens with zero attached hydrogens (tertiary/aromatic N) is 2. The van der Waals surface area contributed by atoms with Gasteiger partial charge in [0.2, 0.25) is 0 Å². The minimum atomic E-state index is -4.21. The zero-order chi connectivity index (χ0) is 15.3. The van der Waals surface area contributed by atoms with Crippen molar-refractivity contribution in [2.24, 2.45) is 5.92 Å². The molecule has 2 amide bonds. The maximum atomic E-state index is 12.5. The van der Waals surface area contributed by atoms with Crippen LogP contribution < -0.4 is 0 Å². The Morgan fingerprint density at radius 3 is 2.25 bits per heavy atom. The normalized spacial score (nSPS) is 17.1. The van der Waals surface area contributed by atoms with Gasteiger partial charge in [-0.2, -0.15) is 13.2 Å². The summed E-state index contributed by atoms with van der Waals surface area (Å²) >= 11 is 0. The highest BCUT2D eigenvalue weighted by Gasteiger charge is 2.42. The first-order chi connectivity index (χ1) is 9.25. The van der Waals surface area contributed by atoms with Crippen molar-refractivity contribution in [3.05, 3.63) is 0 Å². The second kappa shape index (κ2) is 6.81. The van der Waals surface area contributed by atoms with E-state index in [1.165, 1.54) is 9.80 Å². The van der Waals surface area contributed by atoms with Gasteiger partial charge in [-0.3, -0.25) is 4.79 Å². The Balaban J connectivity index is 2.50. The number of amides is 2. The smallest absolute Gasteiger partial charge is 0.391 e. The fraction of sp³-hybridized carbons (Fsp3) is 0.833. The molecule has 0 saturated carbocycles. The third-order valence-electron chi connectivity index (χ3n) is 3.48. The van der Waals surface area contributed by atoms with Crippen LogP contribution in [0.25, 0.3) is 0 Å². The number of hydrogen-bond acceptors (Lipinski definition) is 2. The number of carboxylic acid groups (broad SMARTS) is 1. The van der Waals surface area contributed by atoms with Crippen LogP contribution in [-0.4, -0.2) is 59.3 Å². The van der Waals surface area contributed by atoms with Gasteiger partial charge in [-0.25, -0.2) is 4.79 Å². The molecule has 5 nitrogen and oxygen atoms in total. The summed E-state index contributed by atoms with van der Waals surface area (Å²) in [4.78, 5) is 25.3. The van der Waals surface area contributed by atoms with Crippen molar-refractivity contribution in [1.29, 1.82) is 0 Å². The molecule has 0 bridgehead atoms. The van der Waals surface area contributed by atoms with E-state index in [0.717, 1.165) is 0 Å². The number of carbonyl (C=O) groups is 2. The molecule has 0 aliphatic carbocycles. The molecular weight excluding hydrogens is 277 g/mol. The predicted octanol–water partition coefficient (Wildman–Crippen LogP) is 2.18. The van der Waals surface area contributed by atoms with Crippen LogP contribution in [0.2, 0.25) is 0 Å². The molecule has 0 spiro atoms. The molecule has 8 heteroatoms. The summed E-state index contributed by atoms with van der Waals surface area (Å²) in [7, 11) is 0. The minimum absolute atomic E-state index is 0.0621. The van der Waals surface area contributed by atoms with E-state index in [2.05, 4.69) is 0 Å². The Morgan fingerprint density at radius 2 is 1.85 bits per heavy atom. The van der Waals surface area contributed by atoms with E-state index in [-0.39, 0.29) is 44.9 Å². The molecule has 0 aromatic carbocycles. The van der Waals surface area contributed by atoms with Crippen molar-refractivity contribution >= 4 is 12.0 Å². The summed E-state index contributed by atoms with van der Waals surface area (Å²) in [6, 6.07) is -0.380. The van der Waals surface area contributed by atoms with Crippen LogP contribution >= 0.6 is 0 Å². The number of alkyl halides is 3. The predicted molar refractivity (Wildman–Crippen MR) is 65.2 cm³/mol. The van der Waals surface area contributed by atoms with E-state index in [1.807, 2.05) is 0 Å². The third kappa shape index (κ3) is 4.57. The van der Waals surface area contributed by atoms with Gasteiger partial charge < -0.3 is 14.9 Å². The number of piperidine rings is 1. The second-order valence-electron chi connectivity index (χ2n) is 4.81. The molecule has 0 radical (unpaired) electrons. The summed E-state index contributed by atoms with van der Waals surface area (Å²) in [6.07, 6.45) is -4.56. The molecule has 0 atom stereocenters. The summed E-state index contributed by atoms with van der Waals surface area (Å²) in [6.45, 7) is 2.25. The SMILES string of the molecule is CCN(CCC(=O)O)C(=O)N1CCC(C(F)(F)F)CC1. The average molecular weight is 296 g/mol. The molecule has 116 valence electrons. The average Bonchev–Trinajstić information content (AvgIpc) is 2.38. The molecule has 0 aromatic rings. The van der Waals surface area contributed by atoms with Gasteiger partial charge in [-0.1, -0.05) is 0 Å². The summed E-state index contributed by atoms with van der Waals surface area (Å²) in [5.74, 6) is -2.35. The van der Waals surface area contributed by atoms with Crippen molar-refractivity contribution in [2.75, 3.05) is 26.2 Å². The van der Waals surface area contributed by atoms with Crippen LogP contribution in [0, 0.1) is 5.92 Å². The van der Waals surface area contributed by atoms with Crippen molar-refractivity contribution in [1.82, 2.24) is 9.80 Å². The van der Waals surface area contributed by atoms with Crippen LogP contribution in [0.15, 0.2) is 0 Å². The first-order valence-electron chi connectivity index (χ1n) is 6.58. The monoisotopic (exact) mass is 296 g/mol. The van der Waals surface area contributed by atoms with E-state index in [0.29, 0.717) is 6.54 Å². The maximum Gasteiger partial charge on any atom is 0.391 e. The molecule has 1 saturated heterocycles. The fourth-order valence-corrected chi connectivity index (χ4v) is 2.22. The molecule has 1 aliphatic rings. The van der Waals surface area contributed by atoms with E-state index in [1.54, 1.807) is 6.92 Å². The molecule has 1 aliphatic heterocycles. The number of carbonyl (C=O) groups excluding carboxylic acids is 1. The third-order valence-corrected chi connectivity index (χ3v) is 3.48. The number of rotatable bonds is 4. The molecule has 20 heavy (non-hydrogen) atoms. The highest BCUT2D eigenvalue weighted by atomic mass is 19.4. The number of carboxylic acids is 1. The van der Waals surface area contributed by atoms with Crippen molar-refractivity contribution in [2.45, 2.75) is 32.4 Å². The van der Waals surface area contributed by atoms with Gasteiger partial charge in [0.25, 0.3) is 0 Å². The molecule has 1 rings (SSSR count). The Labute approximate surface area is 115 Å². The topological polar surface area (TPSA) is 60.9 Å². The lowest BCUT2D eigenvalue weighted by molar-refractivity contribution is -0.183. The second-order valence-corrected chi connectivity index (χ2v) is 4.81. The Bertz CT molecular complexity index is 352. The molecule has 0 unspecified atom stereocenters. The van der Waals surface area contributed by atoms with Crippen LogP contribution in [-0.2, 0) is 4.79 Å². The van der Waals surface area contributed by atoms with Gasteiger partial charge in [-0.15, -0.1) is 0 Å². The Hall–Kier alpha value is -1.47. The molecular formula is C12H19F3N2O3. The van der Waals surface area contributed by atoms with Crippen molar-refractivity contribution in [3.63, 3.8) is 0 Å². The van der Waals surface area contributed by atoms with Crippen LogP contribution in [0.5, 0.6) is 0 Å². The lowest BCUT2D eigenvalue weighted by Crippen LogP contribution is -2.48. The number of halogens is 3. The summed E-state index contributed by atoms with van der Waals surface area (Å²) in [5, 5.41) is 8.60. The molecule has 1 fully saturated rings. The van der Waals surface area contributed by atoms with Gasteiger partial charge in [0, 0.05) is 26.2 Å². The Kier molecular flexibility index (Phi) is 5.64. The van der Waals surface area contributed by atoms with Crippen molar-refractivity contribution < 1.29 is 27.9 Å². The van der Waals surface area contributed by atoms with Gasteiger partial charge in [0.15, 0.2) is 0 Å². The van der Waals surface area contributed by atoms with E-state index < -0.39 is 18.1 Å². The highest BCUT2D eigenvalue weighted by molar-refractivity contribution is 5.75. The number of urea groups is 1. The molecule has 1 heterocycles. The molecule has 1 N–H and O–H groups in total. The summed E-state index contributed by atoms with van der Waals surface area (Å²) < 4.78 is 37.6. The summed E-state index contributed by atoms with van der Waals surface area (Å²) in [5.41, 5.74) is 0. The van der Waals surface area contributed by atoms with Crippen molar-refractivity contribution in [3.8, 4) is 0 Å². The van der Waals surface area contributed by atoms with Gasteiger partial charge in [0.05, 0.1) is 12.3 Å². The number of hydrogen-bond donors (Lipinski definition) is 1. The van der Waals surface area contributed by atoms with Crippen LogP contribution in [0.3, 0.4) is 0 Å². The largest absolute Gasteiger partial charge is 0.481 e. The van der Waals surface area contributed by atoms with Gasteiger partial charge in [-0.05, 0) is 19.8 Å². The first-order valence-corrected chi connectivity index (χ1v) is 6.58. The van der Waals surface area contributed by atoms with E-state index >= 15 is 0 Å². The lowest BCUT2D eigenvalue weighted by Gasteiger charge is -2.36. The fourth-order valence-electron chi connectivity index (χ4n) is 2.22.